The van der Waals surface area contributed by atoms with Gasteiger partial charge < -0.3 is 10.1 Å². The summed E-state index contributed by atoms with van der Waals surface area (Å²) < 4.78 is 8.27. The first-order valence-electron chi connectivity index (χ1n) is 9.49. The van der Waals surface area contributed by atoms with Crippen molar-refractivity contribution in [2.75, 3.05) is 6.54 Å². The lowest BCUT2D eigenvalue weighted by atomic mass is 10.0. The highest BCUT2D eigenvalue weighted by atomic mass is 16.5. The van der Waals surface area contributed by atoms with Crippen molar-refractivity contribution >= 4 is 16.8 Å². The number of rotatable bonds is 6. The lowest BCUT2D eigenvalue weighted by molar-refractivity contribution is -0.119. The molecule has 2 atom stereocenters. The van der Waals surface area contributed by atoms with Crippen LogP contribution in [0.1, 0.15) is 26.7 Å². The van der Waals surface area contributed by atoms with Crippen LogP contribution >= 0.6 is 0 Å². The van der Waals surface area contributed by atoms with E-state index in [0.29, 0.717) is 13.0 Å². The minimum absolute atomic E-state index is 0.0644. The van der Waals surface area contributed by atoms with Crippen molar-refractivity contribution in [3.63, 3.8) is 0 Å². The molecular weight excluding hydrogens is 340 g/mol. The largest absolute Gasteiger partial charge is 0.490 e. The number of amides is 1. The van der Waals surface area contributed by atoms with Crippen LogP contribution in [0.3, 0.4) is 0 Å². The van der Waals surface area contributed by atoms with Crippen LogP contribution in [0.4, 0.5) is 0 Å². The van der Waals surface area contributed by atoms with E-state index in [0.717, 1.165) is 40.7 Å². The van der Waals surface area contributed by atoms with Crippen molar-refractivity contribution < 1.29 is 9.53 Å². The summed E-state index contributed by atoms with van der Waals surface area (Å²) >= 11 is 0. The highest BCUT2D eigenvalue weighted by Crippen LogP contribution is 2.33. The van der Waals surface area contributed by atoms with Gasteiger partial charge in [-0.05, 0) is 43.2 Å². The maximum atomic E-state index is 11.5. The van der Waals surface area contributed by atoms with Crippen molar-refractivity contribution in [1.82, 2.24) is 20.1 Å². The first-order chi connectivity index (χ1) is 13.1. The Labute approximate surface area is 158 Å². The molecule has 1 aliphatic rings. The fraction of sp³-hybridized carbons (Fsp3) is 0.381. The average molecular weight is 364 g/mol. The molecule has 3 aromatic rings. The minimum atomic E-state index is -0.0644. The average Bonchev–Trinajstić information content (AvgIpc) is 3.31. The summed E-state index contributed by atoms with van der Waals surface area (Å²) in [4.78, 5) is 16.0. The number of fused-ring (bicyclic) bond motifs is 1. The molecule has 3 heterocycles. The predicted molar refractivity (Wildman–Crippen MR) is 104 cm³/mol. The van der Waals surface area contributed by atoms with E-state index in [2.05, 4.69) is 40.7 Å². The second-order valence-electron chi connectivity index (χ2n) is 7.13. The quantitative estimate of drug-likeness (QED) is 0.728. The number of benzene rings is 1. The molecule has 1 N–H and O–H groups in total. The summed E-state index contributed by atoms with van der Waals surface area (Å²) in [6.07, 6.45) is 7.22. The molecule has 27 heavy (non-hydrogen) atoms. The van der Waals surface area contributed by atoms with Crippen molar-refractivity contribution in [1.29, 1.82) is 0 Å². The van der Waals surface area contributed by atoms with Gasteiger partial charge in [0.15, 0.2) is 0 Å². The number of hydrogen-bond donors (Lipinski definition) is 1. The monoisotopic (exact) mass is 364 g/mol. The molecule has 2 aromatic heterocycles. The number of nitrogens with zero attached hydrogens (tertiary/aromatic N) is 3. The van der Waals surface area contributed by atoms with Gasteiger partial charge in [-0.25, -0.2) is 0 Å². The molecule has 140 valence electrons. The number of hydrogen-bond acceptors (Lipinski definition) is 4. The van der Waals surface area contributed by atoms with Gasteiger partial charge in [-0.15, -0.1) is 0 Å². The Hall–Kier alpha value is -2.89. The van der Waals surface area contributed by atoms with Crippen LogP contribution in [0.15, 0.2) is 42.9 Å². The van der Waals surface area contributed by atoms with Crippen LogP contribution < -0.4 is 10.1 Å². The molecule has 0 saturated carbocycles. The normalized spacial score (nSPS) is 17.9. The number of carbonyl (C=O) groups is 1. The van der Waals surface area contributed by atoms with Gasteiger partial charge in [0.05, 0.1) is 11.7 Å². The van der Waals surface area contributed by atoms with E-state index in [9.17, 15) is 4.79 Å². The number of aryl methyl sites for hydroxylation is 1. The van der Waals surface area contributed by atoms with E-state index in [1.807, 2.05) is 29.9 Å². The van der Waals surface area contributed by atoms with E-state index in [1.165, 1.54) is 0 Å². The number of aromatic nitrogens is 3. The molecule has 0 bridgehead atoms. The Morgan fingerprint density at radius 3 is 3.04 bits per heavy atom. The number of ether oxygens (including phenoxy) is 1. The van der Waals surface area contributed by atoms with Gasteiger partial charge >= 0.3 is 0 Å². The van der Waals surface area contributed by atoms with Gasteiger partial charge in [-0.1, -0.05) is 6.92 Å². The zero-order chi connectivity index (χ0) is 18.8. The smallest absolute Gasteiger partial charge is 0.220 e. The third-order valence-corrected chi connectivity index (χ3v) is 5.09. The maximum Gasteiger partial charge on any atom is 0.220 e. The summed E-state index contributed by atoms with van der Waals surface area (Å²) in [6, 6.07) is 8.06. The SMILES string of the molecule is CCCn1cc(-c2cc(OC(C)C3CNC(=O)C3)c3cccnc3c2)cn1. The first-order valence-corrected chi connectivity index (χ1v) is 9.49. The van der Waals surface area contributed by atoms with Gasteiger partial charge in [0.25, 0.3) is 0 Å². The van der Waals surface area contributed by atoms with Crippen molar-refractivity contribution in [3.8, 4) is 16.9 Å². The van der Waals surface area contributed by atoms with E-state index < -0.39 is 0 Å². The number of pyridine rings is 1. The summed E-state index contributed by atoms with van der Waals surface area (Å²) in [5.41, 5.74) is 2.97. The molecule has 6 heteroatoms. The fourth-order valence-electron chi connectivity index (χ4n) is 3.53. The lowest BCUT2D eigenvalue weighted by Crippen LogP contribution is -2.25. The predicted octanol–water partition coefficient (Wildman–Crippen LogP) is 3.41. The molecule has 2 unspecified atom stereocenters. The molecule has 0 radical (unpaired) electrons. The van der Waals surface area contributed by atoms with Crippen molar-refractivity contribution in [3.05, 3.63) is 42.9 Å². The fourth-order valence-corrected chi connectivity index (χ4v) is 3.53. The molecule has 1 fully saturated rings. The van der Waals surface area contributed by atoms with Gasteiger partial charge in [0, 0.05) is 48.8 Å². The van der Waals surface area contributed by atoms with E-state index in [4.69, 9.17) is 4.74 Å². The molecule has 1 aliphatic heterocycles. The van der Waals surface area contributed by atoms with Gasteiger partial charge in [-0.2, -0.15) is 5.10 Å². The van der Waals surface area contributed by atoms with Gasteiger partial charge in [0.2, 0.25) is 5.91 Å². The third kappa shape index (κ3) is 3.65. The van der Waals surface area contributed by atoms with E-state index in [-0.39, 0.29) is 17.9 Å². The molecule has 4 rings (SSSR count). The molecule has 1 amide bonds. The van der Waals surface area contributed by atoms with Gasteiger partial charge in [-0.3, -0.25) is 14.5 Å². The van der Waals surface area contributed by atoms with Crippen LogP contribution in [0.5, 0.6) is 5.75 Å². The molecule has 6 nitrogen and oxygen atoms in total. The highest BCUT2D eigenvalue weighted by molar-refractivity contribution is 5.90. The Bertz CT molecular complexity index is 966. The van der Waals surface area contributed by atoms with Gasteiger partial charge in [0.1, 0.15) is 11.9 Å². The van der Waals surface area contributed by atoms with Crippen LogP contribution in [0, 0.1) is 5.92 Å². The topological polar surface area (TPSA) is 69.0 Å². The number of carbonyl (C=O) groups excluding carboxylic acids is 1. The molecule has 0 spiro atoms. The van der Waals surface area contributed by atoms with Crippen molar-refractivity contribution in [2.24, 2.45) is 5.92 Å². The maximum absolute atomic E-state index is 11.5. The summed E-state index contributed by atoms with van der Waals surface area (Å²) in [7, 11) is 0. The van der Waals surface area contributed by atoms with Crippen molar-refractivity contribution in [2.45, 2.75) is 39.3 Å². The summed E-state index contributed by atoms with van der Waals surface area (Å²) in [5, 5.41) is 8.30. The molecular formula is C21H24N4O2. The standard InChI is InChI=1S/C21H24N4O2/c1-3-7-25-13-17(12-24-25)15-8-19-18(5-4-6-22-19)20(9-15)27-14(2)16-10-21(26)23-11-16/h4-6,8-9,12-14,16H,3,7,10-11H2,1-2H3,(H,23,26). The summed E-state index contributed by atoms with van der Waals surface area (Å²) in [5.74, 6) is 1.07. The minimum Gasteiger partial charge on any atom is -0.490 e. The van der Waals surface area contributed by atoms with Crippen LogP contribution in [-0.2, 0) is 11.3 Å². The molecule has 1 saturated heterocycles. The van der Waals surface area contributed by atoms with Crippen LogP contribution in [-0.4, -0.2) is 33.3 Å². The summed E-state index contributed by atoms with van der Waals surface area (Å²) in [6.45, 7) is 5.73. The second-order valence-corrected chi connectivity index (χ2v) is 7.13. The van der Waals surface area contributed by atoms with Crippen LogP contribution in [0.2, 0.25) is 0 Å². The van der Waals surface area contributed by atoms with Crippen LogP contribution in [0.25, 0.3) is 22.0 Å². The molecule has 1 aromatic carbocycles. The third-order valence-electron chi connectivity index (χ3n) is 5.09. The second kappa shape index (κ2) is 7.39. The Kier molecular flexibility index (Phi) is 4.79. The lowest BCUT2D eigenvalue weighted by Gasteiger charge is -2.21. The Morgan fingerprint density at radius 2 is 2.26 bits per heavy atom. The Balaban J connectivity index is 1.68. The number of nitrogens with one attached hydrogen (secondary N) is 1. The Morgan fingerprint density at radius 1 is 1.37 bits per heavy atom. The molecule has 0 aliphatic carbocycles. The zero-order valence-corrected chi connectivity index (χ0v) is 15.7. The van der Waals surface area contributed by atoms with E-state index >= 15 is 0 Å². The first kappa shape index (κ1) is 17.5. The highest BCUT2D eigenvalue weighted by Gasteiger charge is 2.28. The zero-order valence-electron chi connectivity index (χ0n) is 15.7. The van der Waals surface area contributed by atoms with E-state index in [1.54, 1.807) is 6.20 Å².